The summed E-state index contributed by atoms with van der Waals surface area (Å²) in [5.74, 6) is -0.311. The lowest BCUT2D eigenvalue weighted by atomic mass is 10.1. The minimum atomic E-state index is -0.767. The molecule has 0 fully saturated rings. The van der Waals surface area contributed by atoms with Crippen molar-refractivity contribution in [1.29, 1.82) is 0 Å². The summed E-state index contributed by atoms with van der Waals surface area (Å²) < 4.78 is 0. The predicted molar refractivity (Wildman–Crippen MR) is 92.8 cm³/mol. The Morgan fingerprint density at radius 1 is 1.21 bits per heavy atom. The number of hydrogen-bond donors (Lipinski definition) is 3. The van der Waals surface area contributed by atoms with Crippen molar-refractivity contribution in [3.8, 4) is 11.3 Å². The van der Waals surface area contributed by atoms with Crippen molar-refractivity contribution in [3.05, 3.63) is 76.9 Å². The van der Waals surface area contributed by atoms with E-state index in [2.05, 4.69) is 15.5 Å². The van der Waals surface area contributed by atoms with Gasteiger partial charge >= 0.3 is 0 Å². The number of H-pyrrole nitrogens is 1. The van der Waals surface area contributed by atoms with Crippen molar-refractivity contribution in [2.75, 3.05) is 6.54 Å². The third kappa shape index (κ3) is 3.64. The largest absolute Gasteiger partial charge is 0.387 e. The van der Waals surface area contributed by atoms with Crippen LogP contribution in [0.2, 0.25) is 5.02 Å². The average molecular weight is 342 g/mol. The van der Waals surface area contributed by atoms with E-state index in [1.165, 1.54) is 6.20 Å². The number of halogens is 1. The molecule has 1 aromatic heterocycles. The van der Waals surface area contributed by atoms with Crippen molar-refractivity contribution in [3.63, 3.8) is 0 Å². The van der Waals surface area contributed by atoms with E-state index in [9.17, 15) is 9.90 Å². The molecule has 1 heterocycles. The van der Waals surface area contributed by atoms with Crippen LogP contribution in [-0.4, -0.2) is 27.8 Å². The molecule has 3 rings (SSSR count). The van der Waals surface area contributed by atoms with Crippen LogP contribution in [0.15, 0.2) is 60.8 Å². The van der Waals surface area contributed by atoms with E-state index in [1.807, 2.05) is 36.4 Å². The Kier molecular flexibility index (Phi) is 4.93. The maximum absolute atomic E-state index is 12.4. The molecule has 3 N–H and O–H groups in total. The number of nitrogens with zero attached hydrogens (tertiary/aromatic N) is 1. The van der Waals surface area contributed by atoms with Gasteiger partial charge in [-0.3, -0.25) is 9.89 Å². The zero-order valence-electron chi connectivity index (χ0n) is 12.7. The maximum Gasteiger partial charge on any atom is 0.255 e. The Hall–Kier alpha value is -2.63. The number of aliphatic hydroxyl groups is 1. The number of benzene rings is 2. The van der Waals surface area contributed by atoms with E-state index in [1.54, 1.807) is 18.2 Å². The van der Waals surface area contributed by atoms with E-state index >= 15 is 0 Å². The molecule has 0 spiro atoms. The first kappa shape index (κ1) is 16.2. The quantitative estimate of drug-likeness (QED) is 0.667. The molecule has 0 radical (unpaired) electrons. The molecule has 0 saturated heterocycles. The number of carbonyl (C=O) groups is 1. The molecule has 0 aliphatic carbocycles. The van der Waals surface area contributed by atoms with E-state index in [-0.39, 0.29) is 12.5 Å². The number of carbonyl (C=O) groups excluding carboxylic acids is 1. The summed E-state index contributed by atoms with van der Waals surface area (Å²) in [5.41, 5.74) is 2.51. The third-order valence-corrected chi connectivity index (χ3v) is 3.87. The number of aliphatic hydroxyl groups excluding tert-OH is 1. The van der Waals surface area contributed by atoms with Gasteiger partial charge < -0.3 is 10.4 Å². The zero-order valence-corrected chi connectivity index (χ0v) is 13.5. The third-order valence-electron chi connectivity index (χ3n) is 3.64. The first-order valence-electron chi connectivity index (χ1n) is 7.45. The Morgan fingerprint density at radius 3 is 2.75 bits per heavy atom. The molecule has 1 amide bonds. The number of nitrogens with one attached hydrogen (secondary N) is 2. The molecule has 2 aromatic carbocycles. The van der Waals surface area contributed by atoms with Gasteiger partial charge in [0.15, 0.2) is 0 Å². The van der Waals surface area contributed by atoms with Crippen LogP contribution in [0.25, 0.3) is 11.3 Å². The number of hydrogen-bond acceptors (Lipinski definition) is 3. The van der Waals surface area contributed by atoms with Gasteiger partial charge in [-0.1, -0.05) is 54.1 Å². The van der Waals surface area contributed by atoms with E-state index in [4.69, 9.17) is 11.6 Å². The first-order valence-corrected chi connectivity index (χ1v) is 7.83. The highest BCUT2D eigenvalue weighted by Gasteiger charge is 2.17. The highest BCUT2D eigenvalue weighted by molar-refractivity contribution is 6.30. The normalized spacial score (nSPS) is 11.9. The topological polar surface area (TPSA) is 78.0 Å². The summed E-state index contributed by atoms with van der Waals surface area (Å²) in [4.78, 5) is 12.4. The molecule has 122 valence electrons. The zero-order chi connectivity index (χ0) is 16.9. The number of amides is 1. The summed E-state index contributed by atoms with van der Waals surface area (Å²) in [7, 11) is 0. The fourth-order valence-electron chi connectivity index (χ4n) is 2.40. The molecule has 0 aliphatic rings. The summed E-state index contributed by atoms with van der Waals surface area (Å²) in [6.07, 6.45) is 0.692. The van der Waals surface area contributed by atoms with Gasteiger partial charge in [0.05, 0.1) is 23.6 Å². The molecule has 1 unspecified atom stereocenters. The van der Waals surface area contributed by atoms with Crippen molar-refractivity contribution in [1.82, 2.24) is 15.5 Å². The fraction of sp³-hybridized carbons (Fsp3) is 0.111. The first-order chi connectivity index (χ1) is 11.6. The second kappa shape index (κ2) is 7.29. The Balaban J connectivity index is 1.71. The second-order valence-electron chi connectivity index (χ2n) is 5.31. The van der Waals surface area contributed by atoms with Crippen LogP contribution in [0.4, 0.5) is 0 Å². The van der Waals surface area contributed by atoms with Gasteiger partial charge in [-0.05, 0) is 17.7 Å². The van der Waals surface area contributed by atoms with Crippen LogP contribution in [0.1, 0.15) is 22.0 Å². The maximum atomic E-state index is 12.4. The molecular weight excluding hydrogens is 326 g/mol. The van der Waals surface area contributed by atoms with E-state index < -0.39 is 6.10 Å². The Bertz CT molecular complexity index is 833. The molecule has 0 saturated carbocycles. The highest BCUT2D eigenvalue weighted by atomic mass is 35.5. The van der Waals surface area contributed by atoms with Gasteiger partial charge in [0.25, 0.3) is 5.91 Å². The second-order valence-corrected chi connectivity index (χ2v) is 5.74. The van der Waals surface area contributed by atoms with Crippen molar-refractivity contribution in [2.45, 2.75) is 6.10 Å². The van der Waals surface area contributed by atoms with E-state index in [0.29, 0.717) is 16.3 Å². The molecule has 0 aliphatic heterocycles. The molecule has 0 bridgehead atoms. The van der Waals surface area contributed by atoms with Crippen LogP contribution in [0.5, 0.6) is 0 Å². The SMILES string of the molecule is O=C(NCC(O)c1ccccc1)c1cn[nH]c1-c1cccc(Cl)c1. The molecule has 1 atom stereocenters. The monoisotopic (exact) mass is 341 g/mol. The van der Waals surface area contributed by atoms with Crippen LogP contribution in [0.3, 0.4) is 0 Å². The molecule has 5 nitrogen and oxygen atoms in total. The minimum Gasteiger partial charge on any atom is -0.387 e. The molecule has 6 heteroatoms. The van der Waals surface area contributed by atoms with Crippen molar-refractivity contribution in [2.24, 2.45) is 0 Å². The summed E-state index contributed by atoms with van der Waals surface area (Å²) in [5, 5.41) is 20.2. The van der Waals surface area contributed by atoms with Crippen molar-refractivity contribution < 1.29 is 9.90 Å². The summed E-state index contributed by atoms with van der Waals surface area (Å²) in [6.45, 7) is 0.114. The number of aromatic nitrogens is 2. The van der Waals surface area contributed by atoms with Crippen LogP contribution >= 0.6 is 11.6 Å². The van der Waals surface area contributed by atoms with Gasteiger partial charge in [-0.15, -0.1) is 0 Å². The Labute approximate surface area is 144 Å². The van der Waals surface area contributed by atoms with Crippen LogP contribution in [0, 0.1) is 0 Å². The molecule has 3 aromatic rings. The lowest BCUT2D eigenvalue weighted by Crippen LogP contribution is -2.28. The standard InChI is InChI=1S/C18H16ClN3O2/c19-14-8-4-7-13(9-14)17-15(10-21-22-17)18(24)20-11-16(23)12-5-2-1-3-6-12/h1-10,16,23H,11H2,(H,20,24)(H,21,22). The van der Waals surface area contributed by atoms with Crippen LogP contribution in [-0.2, 0) is 0 Å². The lowest BCUT2D eigenvalue weighted by molar-refractivity contribution is 0.0917. The molecule has 24 heavy (non-hydrogen) atoms. The van der Waals surface area contributed by atoms with Gasteiger partial charge in [0.1, 0.15) is 0 Å². The van der Waals surface area contributed by atoms with Gasteiger partial charge in [-0.25, -0.2) is 0 Å². The number of rotatable bonds is 5. The Morgan fingerprint density at radius 2 is 2.00 bits per heavy atom. The summed E-state index contributed by atoms with van der Waals surface area (Å²) in [6, 6.07) is 16.3. The summed E-state index contributed by atoms with van der Waals surface area (Å²) >= 11 is 6.00. The number of aromatic amines is 1. The van der Waals surface area contributed by atoms with Crippen molar-refractivity contribution >= 4 is 17.5 Å². The predicted octanol–water partition coefficient (Wildman–Crippen LogP) is 3.19. The van der Waals surface area contributed by atoms with Crippen LogP contribution < -0.4 is 5.32 Å². The fourth-order valence-corrected chi connectivity index (χ4v) is 2.59. The smallest absolute Gasteiger partial charge is 0.255 e. The lowest BCUT2D eigenvalue weighted by Gasteiger charge is -2.12. The average Bonchev–Trinajstić information content (AvgIpc) is 3.10. The van der Waals surface area contributed by atoms with E-state index in [0.717, 1.165) is 11.1 Å². The van der Waals surface area contributed by atoms with Gasteiger partial charge in [0.2, 0.25) is 0 Å². The van der Waals surface area contributed by atoms with Gasteiger partial charge in [-0.2, -0.15) is 5.10 Å². The highest BCUT2D eigenvalue weighted by Crippen LogP contribution is 2.24. The minimum absolute atomic E-state index is 0.114. The van der Waals surface area contributed by atoms with Gasteiger partial charge in [0, 0.05) is 17.1 Å². The molecular formula is C18H16ClN3O2.